The first kappa shape index (κ1) is 14.2. The summed E-state index contributed by atoms with van der Waals surface area (Å²) in [5, 5.41) is 1.46. The minimum absolute atomic E-state index is 0.568. The maximum absolute atomic E-state index is 11.7. The molecule has 15 heavy (non-hydrogen) atoms. The third kappa shape index (κ3) is 4.98. The highest BCUT2D eigenvalue weighted by atomic mass is 32.2. The molecule has 0 aromatic carbocycles. The quantitative estimate of drug-likeness (QED) is 0.733. The van der Waals surface area contributed by atoms with Gasteiger partial charge < -0.3 is 5.32 Å². The van der Waals surface area contributed by atoms with Crippen LogP contribution < -0.4 is 5.32 Å². The minimum Gasteiger partial charge on any atom is -0.347 e. The van der Waals surface area contributed by atoms with Crippen molar-refractivity contribution >= 4 is 15.9 Å². The molecule has 0 aromatic rings. The molecule has 0 spiro atoms. The van der Waals surface area contributed by atoms with Crippen molar-refractivity contribution in [2.45, 2.75) is 6.18 Å². The van der Waals surface area contributed by atoms with Gasteiger partial charge in [0.2, 0.25) is 10.0 Å². The summed E-state index contributed by atoms with van der Waals surface area (Å²) in [5.74, 6) is -2.71. The third-order valence-corrected chi connectivity index (χ3v) is 3.29. The highest BCUT2D eigenvalue weighted by Crippen LogP contribution is 2.13. The Hall–Kier alpha value is -0.830. The van der Waals surface area contributed by atoms with E-state index in [4.69, 9.17) is 0 Å². The molecule has 0 heterocycles. The largest absolute Gasteiger partial charge is 0.471 e. The molecule has 0 aliphatic rings. The number of carbonyl (C=O) groups excluding carboxylic acids is 1. The summed E-state index contributed by atoms with van der Waals surface area (Å²) in [6.07, 6.45) is -4.98. The van der Waals surface area contributed by atoms with Crippen LogP contribution in [0.4, 0.5) is 13.2 Å². The fourth-order valence-electron chi connectivity index (χ4n) is 0.576. The Balaban J connectivity index is 4.08. The molecule has 0 aliphatic carbocycles. The van der Waals surface area contributed by atoms with E-state index in [9.17, 15) is 26.4 Å². The summed E-state index contributed by atoms with van der Waals surface area (Å²) in [4.78, 5) is 10.3. The lowest BCUT2D eigenvalue weighted by Gasteiger charge is -2.12. The molecule has 0 atom stereocenters. The number of amides is 1. The maximum atomic E-state index is 11.7. The first-order valence-electron chi connectivity index (χ1n) is 3.82. The van der Waals surface area contributed by atoms with Gasteiger partial charge in [0.1, 0.15) is 0 Å². The first-order valence-corrected chi connectivity index (χ1v) is 5.43. The summed E-state index contributed by atoms with van der Waals surface area (Å²) >= 11 is 0. The number of alkyl halides is 3. The molecule has 0 rings (SSSR count). The normalized spacial score (nSPS) is 12.9. The van der Waals surface area contributed by atoms with Crippen molar-refractivity contribution in [3.05, 3.63) is 0 Å². The van der Waals surface area contributed by atoms with Gasteiger partial charge in [0.05, 0.1) is 5.75 Å². The minimum atomic E-state index is -4.98. The molecular weight excluding hydrogens is 237 g/mol. The van der Waals surface area contributed by atoms with Crippen LogP contribution in [0.1, 0.15) is 0 Å². The van der Waals surface area contributed by atoms with Gasteiger partial charge in [0.15, 0.2) is 0 Å². The Morgan fingerprint density at radius 1 is 1.33 bits per heavy atom. The summed E-state index contributed by atoms with van der Waals surface area (Å²) < 4.78 is 57.9. The van der Waals surface area contributed by atoms with Crippen molar-refractivity contribution in [3.8, 4) is 0 Å². The number of nitrogens with zero attached hydrogens (tertiary/aromatic N) is 1. The first-order chi connectivity index (χ1) is 6.57. The Labute approximate surface area is 85.3 Å². The lowest BCUT2D eigenvalue weighted by Crippen LogP contribution is -2.40. The van der Waals surface area contributed by atoms with E-state index in [2.05, 4.69) is 0 Å². The second-order valence-electron chi connectivity index (χ2n) is 2.85. The van der Waals surface area contributed by atoms with E-state index < -0.39 is 34.4 Å². The molecule has 0 bridgehead atoms. The molecule has 9 heteroatoms. The average Bonchev–Trinajstić information content (AvgIpc) is 2.01. The van der Waals surface area contributed by atoms with Gasteiger partial charge >= 0.3 is 12.1 Å². The van der Waals surface area contributed by atoms with Crippen LogP contribution in [0.3, 0.4) is 0 Å². The van der Waals surface area contributed by atoms with Crippen molar-refractivity contribution in [1.29, 1.82) is 0 Å². The van der Waals surface area contributed by atoms with Gasteiger partial charge in [-0.15, -0.1) is 0 Å². The van der Waals surface area contributed by atoms with Gasteiger partial charge in [-0.1, -0.05) is 0 Å². The van der Waals surface area contributed by atoms with Crippen LogP contribution in [-0.2, 0) is 14.8 Å². The Morgan fingerprint density at radius 2 is 1.80 bits per heavy atom. The lowest BCUT2D eigenvalue weighted by atomic mass is 10.5. The summed E-state index contributed by atoms with van der Waals surface area (Å²) in [5.41, 5.74) is 0. The summed E-state index contributed by atoms with van der Waals surface area (Å²) in [6.45, 7) is -0.571. The smallest absolute Gasteiger partial charge is 0.347 e. The van der Waals surface area contributed by atoms with E-state index in [1.54, 1.807) is 0 Å². The zero-order valence-corrected chi connectivity index (χ0v) is 8.94. The number of nitrogens with one attached hydrogen (secondary N) is 1. The molecule has 0 radical (unpaired) electrons. The Morgan fingerprint density at radius 3 is 2.13 bits per heavy atom. The third-order valence-electron chi connectivity index (χ3n) is 1.46. The van der Waals surface area contributed by atoms with Crippen LogP contribution in [-0.4, -0.2) is 51.2 Å². The van der Waals surface area contributed by atoms with Crippen molar-refractivity contribution in [3.63, 3.8) is 0 Å². The predicted octanol–water partition coefficient (Wildman–Crippen LogP) is -0.444. The number of rotatable bonds is 4. The Bertz CT molecular complexity index is 323. The molecular formula is C6H11F3N2O3S. The standard InChI is InChI=1S/C6H11F3N2O3S/c1-11(2)15(13,14)4-3-10-5(12)6(7,8)9/h3-4H2,1-2H3,(H,10,12). The number of hydrogen-bond acceptors (Lipinski definition) is 3. The maximum Gasteiger partial charge on any atom is 0.471 e. The molecule has 0 aliphatic heterocycles. The van der Waals surface area contributed by atoms with E-state index in [1.807, 2.05) is 0 Å². The summed E-state index contributed by atoms with van der Waals surface area (Å²) in [7, 11) is -1.09. The van der Waals surface area contributed by atoms with Crippen LogP contribution in [0.2, 0.25) is 0 Å². The molecule has 0 aromatic heterocycles. The summed E-state index contributed by atoms with van der Waals surface area (Å²) in [6, 6.07) is 0. The van der Waals surface area contributed by atoms with Crippen LogP contribution in [0, 0.1) is 0 Å². The topological polar surface area (TPSA) is 66.5 Å². The van der Waals surface area contributed by atoms with E-state index in [0.717, 1.165) is 4.31 Å². The SMILES string of the molecule is CN(C)S(=O)(=O)CCNC(=O)C(F)(F)F. The van der Waals surface area contributed by atoms with Crippen LogP contribution in [0.5, 0.6) is 0 Å². The van der Waals surface area contributed by atoms with Gasteiger partial charge in [-0.2, -0.15) is 13.2 Å². The van der Waals surface area contributed by atoms with Crippen LogP contribution in [0.25, 0.3) is 0 Å². The van der Waals surface area contributed by atoms with E-state index >= 15 is 0 Å². The number of hydrogen-bond donors (Lipinski definition) is 1. The number of halogens is 3. The van der Waals surface area contributed by atoms with E-state index in [1.165, 1.54) is 19.4 Å². The highest BCUT2D eigenvalue weighted by molar-refractivity contribution is 7.89. The monoisotopic (exact) mass is 248 g/mol. The molecule has 0 saturated heterocycles. The second kappa shape index (κ2) is 4.79. The van der Waals surface area contributed by atoms with Gasteiger partial charge in [-0.25, -0.2) is 12.7 Å². The lowest BCUT2D eigenvalue weighted by molar-refractivity contribution is -0.173. The zero-order valence-electron chi connectivity index (χ0n) is 8.13. The fraction of sp³-hybridized carbons (Fsp3) is 0.833. The van der Waals surface area contributed by atoms with Gasteiger partial charge in [0.25, 0.3) is 0 Å². The predicted molar refractivity (Wildman–Crippen MR) is 46.5 cm³/mol. The van der Waals surface area contributed by atoms with Crippen molar-refractivity contribution < 1.29 is 26.4 Å². The van der Waals surface area contributed by atoms with E-state index in [0.29, 0.717) is 0 Å². The molecule has 0 saturated carbocycles. The zero-order chi connectivity index (χ0) is 12.3. The van der Waals surface area contributed by atoms with Crippen molar-refractivity contribution in [2.24, 2.45) is 0 Å². The molecule has 1 amide bonds. The number of sulfonamides is 1. The van der Waals surface area contributed by atoms with Crippen LogP contribution >= 0.6 is 0 Å². The van der Waals surface area contributed by atoms with Crippen molar-refractivity contribution in [1.82, 2.24) is 9.62 Å². The molecule has 1 N–H and O–H groups in total. The Kier molecular flexibility index (Phi) is 4.53. The van der Waals surface area contributed by atoms with Crippen molar-refractivity contribution in [2.75, 3.05) is 26.4 Å². The van der Waals surface area contributed by atoms with Gasteiger partial charge in [-0.05, 0) is 0 Å². The van der Waals surface area contributed by atoms with Gasteiger partial charge in [0, 0.05) is 20.6 Å². The van der Waals surface area contributed by atoms with Crippen LogP contribution in [0.15, 0.2) is 0 Å². The highest BCUT2D eigenvalue weighted by Gasteiger charge is 2.38. The molecule has 90 valence electrons. The number of carbonyl (C=O) groups is 1. The second-order valence-corrected chi connectivity index (χ2v) is 5.15. The molecule has 0 unspecified atom stereocenters. The molecule has 5 nitrogen and oxygen atoms in total. The van der Waals surface area contributed by atoms with E-state index in [-0.39, 0.29) is 0 Å². The molecule has 0 fully saturated rings. The van der Waals surface area contributed by atoms with Gasteiger partial charge in [-0.3, -0.25) is 4.79 Å². The fourth-order valence-corrected chi connectivity index (χ4v) is 1.30. The average molecular weight is 248 g/mol.